The van der Waals surface area contributed by atoms with Crippen LogP contribution in [-0.2, 0) is 0 Å². The van der Waals surface area contributed by atoms with E-state index in [0.29, 0.717) is 17.5 Å². The van der Waals surface area contributed by atoms with Gasteiger partial charge in [0, 0.05) is 12.1 Å². The molecule has 1 aliphatic rings. The third-order valence-electron chi connectivity index (χ3n) is 4.73. The molecule has 0 bridgehead atoms. The molecule has 0 aliphatic heterocycles. The van der Waals surface area contributed by atoms with Crippen molar-refractivity contribution in [2.75, 3.05) is 6.54 Å². The zero-order chi connectivity index (χ0) is 15.4. The lowest BCUT2D eigenvalue weighted by Crippen LogP contribution is -2.37. The van der Waals surface area contributed by atoms with Crippen molar-refractivity contribution in [3.63, 3.8) is 0 Å². The van der Waals surface area contributed by atoms with Crippen molar-refractivity contribution in [2.24, 2.45) is 5.92 Å². The van der Waals surface area contributed by atoms with Gasteiger partial charge in [-0.05, 0) is 50.8 Å². The molecule has 0 saturated heterocycles. The first-order valence-electron chi connectivity index (χ1n) is 8.27. The van der Waals surface area contributed by atoms with E-state index in [1.54, 1.807) is 18.2 Å². The molecule has 1 aromatic carbocycles. The fourth-order valence-electron chi connectivity index (χ4n) is 3.47. The SMILES string of the molecule is CC(C)CCN(C1CCCC1)C(C)c1c(O)cccc1O. The molecule has 1 saturated carbocycles. The van der Waals surface area contributed by atoms with Gasteiger partial charge in [0.25, 0.3) is 0 Å². The first kappa shape index (κ1) is 16.2. The number of hydrogen-bond acceptors (Lipinski definition) is 3. The van der Waals surface area contributed by atoms with E-state index in [2.05, 4.69) is 25.7 Å². The molecule has 118 valence electrons. The van der Waals surface area contributed by atoms with Gasteiger partial charge < -0.3 is 10.2 Å². The monoisotopic (exact) mass is 291 g/mol. The van der Waals surface area contributed by atoms with Gasteiger partial charge in [-0.25, -0.2) is 0 Å². The van der Waals surface area contributed by atoms with Crippen LogP contribution in [0.2, 0.25) is 0 Å². The van der Waals surface area contributed by atoms with E-state index < -0.39 is 0 Å². The highest BCUT2D eigenvalue weighted by Crippen LogP contribution is 2.39. The Labute approximate surface area is 128 Å². The van der Waals surface area contributed by atoms with Crippen LogP contribution in [0.4, 0.5) is 0 Å². The summed E-state index contributed by atoms with van der Waals surface area (Å²) in [7, 11) is 0. The van der Waals surface area contributed by atoms with Crippen LogP contribution in [0.15, 0.2) is 18.2 Å². The molecule has 3 nitrogen and oxygen atoms in total. The van der Waals surface area contributed by atoms with Crippen molar-refractivity contribution in [1.29, 1.82) is 0 Å². The molecule has 1 fully saturated rings. The molecule has 0 radical (unpaired) electrons. The minimum atomic E-state index is 0.0491. The third-order valence-corrected chi connectivity index (χ3v) is 4.73. The minimum absolute atomic E-state index is 0.0491. The van der Waals surface area contributed by atoms with Gasteiger partial charge in [-0.2, -0.15) is 0 Å². The van der Waals surface area contributed by atoms with Gasteiger partial charge in [0.2, 0.25) is 0 Å². The Morgan fingerprint density at radius 2 is 1.67 bits per heavy atom. The topological polar surface area (TPSA) is 43.7 Å². The summed E-state index contributed by atoms with van der Waals surface area (Å²) in [6.07, 6.45) is 6.20. The Bertz CT molecular complexity index is 432. The van der Waals surface area contributed by atoms with Gasteiger partial charge in [0.1, 0.15) is 11.5 Å². The fourth-order valence-corrected chi connectivity index (χ4v) is 3.47. The van der Waals surface area contributed by atoms with Crippen LogP contribution in [-0.4, -0.2) is 27.7 Å². The molecule has 0 spiro atoms. The number of phenolic OH excluding ortho intramolecular Hbond substituents is 2. The van der Waals surface area contributed by atoms with Crippen LogP contribution in [0.5, 0.6) is 11.5 Å². The van der Waals surface area contributed by atoms with E-state index >= 15 is 0 Å². The van der Waals surface area contributed by atoms with Crippen LogP contribution >= 0.6 is 0 Å². The average molecular weight is 291 g/mol. The number of aromatic hydroxyl groups is 2. The van der Waals surface area contributed by atoms with Crippen LogP contribution in [0.3, 0.4) is 0 Å². The molecule has 1 unspecified atom stereocenters. The van der Waals surface area contributed by atoms with Gasteiger partial charge in [-0.15, -0.1) is 0 Å². The van der Waals surface area contributed by atoms with Crippen LogP contribution < -0.4 is 0 Å². The third kappa shape index (κ3) is 3.91. The van der Waals surface area contributed by atoms with Crippen LogP contribution in [0.25, 0.3) is 0 Å². The zero-order valence-electron chi connectivity index (χ0n) is 13.5. The van der Waals surface area contributed by atoms with E-state index in [1.807, 2.05) is 0 Å². The Hall–Kier alpha value is -1.22. The number of hydrogen-bond donors (Lipinski definition) is 2. The van der Waals surface area contributed by atoms with Crippen molar-refractivity contribution in [1.82, 2.24) is 4.90 Å². The lowest BCUT2D eigenvalue weighted by atomic mass is 10.00. The summed E-state index contributed by atoms with van der Waals surface area (Å²) < 4.78 is 0. The summed E-state index contributed by atoms with van der Waals surface area (Å²) in [6.45, 7) is 7.62. The van der Waals surface area contributed by atoms with Crippen molar-refractivity contribution < 1.29 is 10.2 Å². The summed E-state index contributed by atoms with van der Waals surface area (Å²) in [4.78, 5) is 2.49. The number of rotatable bonds is 6. The highest BCUT2D eigenvalue weighted by molar-refractivity contribution is 5.45. The van der Waals surface area contributed by atoms with Crippen molar-refractivity contribution in [3.05, 3.63) is 23.8 Å². The summed E-state index contributed by atoms with van der Waals surface area (Å²) in [5.41, 5.74) is 0.674. The van der Waals surface area contributed by atoms with Crippen molar-refractivity contribution in [2.45, 2.75) is 65.0 Å². The van der Waals surface area contributed by atoms with E-state index in [4.69, 9.17) is 0 Å². The Morgan fingerprint density at radius 3 is 2.19 bits per heavy atom. The molecule has 2 N–H and O–H groups in total. The first-order chi connectivity index (χ1) is 10.0. The highest BCUT2D eigenvalue weighted by atomic mass is 16.3. The molecule has 2 rings (SSSR count). The molecule has 1 aromatic rings. The quantitative estimate of drug-likeness (QED) is 0.814. The second-order valence-corrected chi connectivity index (χ2v) is 6.74. The number of phenols is 2. The molecule has 3 heteroatoms. The summed E-state index contributed by atoms with van der Waals surface area (Å²) in [5, 5.41) is 20.3. The minimum Gasteiger partial charge on any atom is -0.507 e. The standard InChI is InChI=1S/C18H29NO2/c1-13(2)11-12-19(15-7-4-5-8-15)14(3)18-16(20)9-6-10-17(18)21/h6,9-10,13-15,20-21H,4-5,7-8,11-12H2,1-3H3. The molecule has 1 atom stereocenters. The average Bonchev–Trinajstić information content (AvgIpc) is 2.92. The predicted octanol–water partition coefficient (Wildman–Crippen LogP) is 4.45. The number of nitrogens with zero attached hydrogens (tertiary/aromatic N) is 1. The Balaban J connectivity index is 2.22. The second-order valence-electron chi connectivity index (χ2n) is 6.74. The van der Waals surface area contributed by atoms with Gasteiger partial charge in [0.05, 0.1) is 5.56 Å². The predicted molar refractivity (Wildman–Crippen MR) is 86.6 cm³/mol. The molecule has 0 aromatic heterocycles. The van der Waals surface area contributed by atoms with E-state index in [0.717, 1.165) is 13.0 Å². The van der Waals surface area contributed by atoms with Gasteiger partial charge >= 0.3 is 0 Å². The van der Waals surface area contributed by atoms with Gasteiger partial charge in [-0.3, -0.25) is 4.90 Å². The van der Waals surface area contributed by atoms with Crippen LogP contribution in [0.1, 0.15) is 64.5 Å². The lowest BCUT2D eigenvalue weighted by molar-refractivity contribution is 0.133. The second kappa shape index (κ2) is 7.17. The lowest BCUT2D eigenvalue weighted by Gasteiger charge is -2.35. The molecular formula is C18H29NO2. The van der Waals surface area contributed by atoms with Crippen molar-refractivity contribution in [3.8, 4) is 11.5 Å². The molecule has 21 heavy (non-hydrogen) atoms. The maximum atomic E-state index is 10.1. The Morgan fingerprint density at radius 1 is 1.10 bits per heavy atom. The molecule has 1 aliphatic carbocycles. The highest BCUT2D eigenvalue weighted by Gasteiger charge is 2.29. The van der Waals surface area contributed by atoms with Crippen LogP contribution in [0, 0.1) is 5.92 Å². The summed E-state index contributed by atoms with van der Waals surface area (Å²) in [5.74, 6) is 1.07. The number of benzene rings is 1. The summed E-state index contributed by atoms with van der Waals surface area (Å²) >= 11 is 0. The molecule has 0 amide bonds. The normalized spacial score (nSPS) is 17.8. The van der Waals surface area contributed by atoms with E-state index in [-0.39, 0.29) is 17.5 Å². The van der Waals surface area contributed by atoms with E-state index in [1.165, 1.54) is 25.7 Å². The van der Waals surface area contributed by atoms with E-state index in [9.17, 15) is 10.2 Å². The fraction of sp³-hybridized carbons (Fsp3) is 0.667. The zero-order valence-corrected chi connectivity index (χ0v) is 13.5. The molecular weight excluding hydrogens is 262 g/mol. The maximum Gasteiger partial charge on any atom is 0.124 e. The largest absolute Gasteiger partial charge is 0.507 e. The van der Waals surface area contributed by atoms with Crippen molar-refractivity contribution >= 4 is 0 Å². The smallest absolute Gasteiger partial charge is 0.124 e. The first-order valence-corrected chi connectivity index (χ1v) is 8.27. The maximum absolute atomic E-state index is 10.1. The van der Waals surface area contributed by atoms with Gasteiger partial charge in [-0.1, -0.05) is 32.8 Å². The van der Waals surface area contributed by atoms with Gasteiger partial charge in [0.15, 0.2) is 0 Å². The summed E-state index contributed by atoms with van der Waals surface area (Å²) in [6, 6.07) is 5.65. The Kier molecular flexibility index (Phi) is 5.51. The molecule has 0 heterocycles.